The number of esters is 2. The highest BCUT2D eigenvalue weighted by Gasteiger charge is 2.26. The van der Waals surface area contributed by atoms with Gasteiger partial charge in [-0.2, -0.15) is 0 Å². The number of aryl methyl sites for hydroxylation is 1. The number of rotatable bonds is 1. The van der Waals surface area contributed by atoms with Gasteiger partial charge in [0.05, 0.1) is 10.7 Å². The third-order valence-corrected chi connectivity index (χ3v) is 2.68. The van der Waals surface area contributed by atoms with Crippen molar-refractivity contribution < 1.29 is 14.3 Å². The quantitative estimate of drug-likeness (QED) is 0.551. The van der Waals surface area contributed by atoms with Gasteiger partial charge in [-0.3, -0.25) is 0 Å². The van der Waals surface area contributed by atoms with Gasteiger partial charge in [0.2, 0.25) is 0 Å². The number of benzene rings is 1. The maximum atomic E-state index is 11.2. The van der Waals surface area contributed by atoms with Gasteiger partial charge in [-0.1, -0.05) is 23.7 Å². The molecular formula is C11H10ClNO3. The van der Waals surface area contributed by atoms with E-state index in [9.17, 15) is 9.59 Å². The van der Waals surface area contributed by atoms with Gasteiger partial charge in [-0.15, -0.1) is 0 Å². The fourth-order valence-corrected chi connectivity index (χ4v) is 2.08. The van der Waals surface area contributed by atoms with E-state index in [0.29, 0.717) is 10.7 Å². The first-order valence-corrected chi connectivity index (χ1v) is 5.19. The SMILES string of the molecule is Cc1cccc(Cl)c1N1CC(=O)OC(=O)C1. The molecule has 0 radical (unpaired) electrons. The van der Waals surface area contributed by atoms with Gasteiger partial charge in [0.15, 0.2) is 0 Å². The number of ether oxygens (including phenoxy) is 1. The highest BCUT2D eigenvalue weighted by molar-refractivity contribution is 6.33. The largest absolute Gasteiger partial charge is 0.390 e. The van der Waals surface area contributed by atoms with Gasteiger partial charge in [-0.25, -0.2) is 9.59 Å². The minimum Gasteiger partial charge on any atom is -0.390 e. The average Bonchev–Trinajstić information content (AvgIpc) is 2.15. The highest BCUT2D eigenvalue weighted by atomic mass is 35.5. The Labute approximate surface area is 97.7 Å². The van der Waals surface area contributed by atoms with Gasteiger partial charge in [-0.05, 0) is 18.6 Å². The molecule has 0 atom stereocenters. The van der Waals surface area contributed by atoms with Crippen LogP contribution in [0.5, 0.6) is 0 Å². The van der Waals surface area contributed by atoms with E-state index < -0.39 is 11.9 Å². The van der Waals surface area contributed by atoms with E-state index in [4.69, 9.17) is 11.6 Å². The van der Waals surface area contributed by atoms with Crippen LogP contribution in [0.4, 0.5) is 5.69 Å². The summed E-state index contributed by atoms with van der Waals surface area (Å²) >= 11 is 6.05. The van der Waals surface area contributed by atoms with Crippen LogP contribution in [0.2, 0.25) is 5.02 Å². The number of nitrogens with zero attached hydrogens (tertiary/aromatic N) is 1. The van der Waals surface area contributed by atoms with Gasteiger partial charge >= 0.3 is 11.9 Å². The zero-order valence-electron chi connectivity index (χ0n) is 8.70. The molecule has 1 saturated heterocycles. The van der Waals surface area contributed by atoms with Gasteiger partial charge < -0.3 is 9.64 Å². The first-order valence-electron chi connectivity index (χ1n) is 4.81. The lowest BCUT2D eigenvalue weighted by molar-refractivity contribution is -0.160. The van der Waals surface area contributed by atoms with Crippen LogP contribution in [-0.4, -0.2) is 25.0 Å². The molecule has 5 heteroatoms. The molecule has 2 rings (SSSR count). The smallest absolute Gasteiger partial charge is 0.333 e. The molecule has 0 unspecified atom stereocenters. The van der Waals surface area contributed by atoms with E-state index in [0.717, 1.165) is 5.56 Å². The third-order valence-electron chi connectivity index (χ3n) is 2.37. The molecule has 0 aliphatic carbocycles. The summed E-state index contributed by atoms with van der Waals surface area (Å²) in [6, 6.07) is 5.44. The number of hydrogen-bond acceptors (Lipinski definition) is 4. The van der Waals surface area contributed by atoms with E-state index >= 15 is 0 Å². The van der Waals surface area contributed by atoms with Gasteiger partial charge in [0.1, 0.15) is 13.1 Å². The number of carbonyl (C=O) groups is 2. The van der Waals surface area contributed by atoms with Crippen molar-refractivity contribution in [1.82, 2.24) is 0 Å². The van der Waals surface area contributed by atoms with E-state index in [-0.39, 0.29) is 13.1 Å². The summed E-state index contributed by atoms with van der Waals surface area (Å²) < 4.78 is 4.46. The van der Waals surface area contributed by atoms with E-state index in [1.54, 1.807) is 11.0 Å². The molecule has 1 aromatic carbocycles. The Balaban J connectivity index is 2.36. The monoisotopic (exact) mass is 239 g/mol. The Morgan fingerprint density at radius 1 is 1.25 bits per heavy atom. The standard InChI is InChI=1S/C11H10ClNO3/c1-7-3-2-4-8(12)11(7)13-5-9(14)16-10(15)6-13/h2-4H,5-6H2,1H3. The van der Waals surface area contributed by atoms with Crippen molar-refractivity contribution in [2.24, 2.45) is 0 Å². The zero-order chi connectivity index (χ0) is 11.7. The molecule has 0 amide bonds. The molecule has 4 nitrogen and oxygen atoms in total. The maximum absolute atomic E-state index is 11.2. The first kappa shape index (κ1) is 11.0. The van der Waals surface area contributed by atoms with Crippen molar-refractivity contribution in [1.29, 1.82) is 0 Å². The van der Waals surface area contributed by atoms with Crippen molar-refractivity contribution in [2.75, 3.05) is 18.0 Å². The molecule has 1 aromatic rings. The molecule has 1 aliphatic heterocycles. The lowest BCUT2D eigenvalue weighted by Gasteiger charge is -2.28. The van der Waals surface area contributed by atoms with Crippen LogP contribution in [0.1, 0.15) is 5.56 Å². The first-order chi connectivity index (χ1) is 7.58. The van der Waals surface area contributed by atoms with Crippen LogP contribution in [0.3, 0.4) is 0 Å². The Hall–Kier alpha value is -1.55. The Kier molecular flexibility index (Phi) is 2.83. The van der Waals surface area contributed by atoms with Crippen molar-refractivity contribution in [3.05, 3.63) is 28.8 Å². The molecule has 16 heavy (non-hydrogen) atoms. The number of carbonyl (C=O) groups excluding carboxylic acids is 2. The predicted octanol–water partition coefficient (Wildman–Crippen LogP) is 1.54. The number of para-hydroxylation sites is 1. The summed E-state index contributed by atoms with van der Waals surface area (Å²) in [7, 11) is 0. The summed E-state index contributed by atoms with van der Waals surface area (Å²) in [6.45, 7) is 1.98. The number of cyclic esters (lactones) is 2. The summed E-state index contributed by atoms with van der Waals surface area (Å²) in [5, 5.41) is 0.530. The molecule has 0 bridgehead atoms. The second-order valence-corrected chi connectivity index (χ2v) is 4.01. The van der Waals surface area contributed by atoms with Gasteiger partial charge in [0.25, 0.3) is 0 Å². The zero-order valence-corrected chi connectivity index (χ0v) is 9.45. The molecule has 1 heterocycles. The number of anilines is 1. The lowest BCUT2D eigenvalue weighted by atomic mass is 10.1. The Morgan fingerprint density at radius 3 is 2.44 bits per heavy atom. The molecule has 84 valence electrons. The van der Waals surface area contributed by atoms with Crippen molar-refractivity contribution in [3.8, 4) is 0 Å². The normalized spacial score (nSPS) is 16.2. The van der Waals surface area contributed by atoms with Gasteiger partial charge in [0, 0.05) is 0 Å². The summed E-state index contributed by atoms with van der Waals surface area (Å²) in [6.07, 6.45) is 0. The molecular weight excluding hydrogens is 230 g/mol. The Morgan fingerprint density at radius 2 is 1.88 bits per heavy atom. The minimum atomic E-state index is -0.546. The highest BCUT2D eigenvalue weighted by Crippen LogP contribution is 2.30. The topological polar surface area (TPSA) is 46.6 Å². The van der Waals surface area contributed by atoms with E-state index in [1.165, 1.54) is 0 Å². The van der Waals surface area contributed by atoms with Crippen LogP contribution in [0.25, 0.3) is 0 Å². The second kappa shape index (κ2) is 4.14. The molecule has 0 aromatic heterocycles. The van der Waals surface area contributed by atoms with Crippen molar-refractivity contribution in [3.63, 3.8) is 0 Å². The van der Waals surface area contributed by atoms with Crippen LogP contribution in [0, 0.1) is 6.92 Å². The average molecular weight is 240 g/mol. The number of hydrogen-bond donors (Lipinski definition) is 0. The number of halogens is 1. The van der Waals surface area contributed by atoms with Crippen LogP contribution < -0.4 is 4.90 Å². The summed E-state index contributed by atoms with van der Waals surface area (Å²) in [5.74, 6) is -1.09. The van der Waals surface area contributed by atoms with E-state index in [2.05, 4.69) is 4.74 Å². The molecule has 0 spiro atoms. The molecule has 1 aliphatic rings. The molecule has 1 fully saturated rings. The van der Waals surface area contributed by atoms with Crippen LogP contribution in [-0.2, 0) is 14.3 Å². The molecule has 0 N–H and O–H groups in total. The predicted molar refractivity (Wildman–Crippen MR) is 59.5 cm³/mol. The fourth-order valence-electron chi connectivity index (χ4n) is 1.74. The van der Waals surface area contributed by atoms with E-state index in [1.807, 2.05) is 19.1 Å². The minimum absolute atomic E-state index is 0.0519. The number of morpholine rings is 1. The lowest BCUT2D eigenvalue weighted by Crippen LogP contribution is -2.43. The van der Waals surface area contributed by atoms with Crippen molar-refractivity contribution >= 4 is 29.2 Å². The van der Waals surface area contributed by atoms with Crippen LogP contribution >= 0.6 is 11.6 Å². The molecule has 0 saturated carbocycles. The third kappa shape index (κ3) is 2.02. The van der Waals surface area contributed by atoms with Crippen LogP contribution in [0.15, 0.2) is 18.2 Å². The summed E-state index contributed by atoms with van der Waals surface area (Å²) in [5.41, 5.74) is 1.64. The fraction of sp³-hybridized carbons (Fsp3) is 0.273. The second-order valence-electron chi connectivity index (χ2n) is 3.61. The van der Waals surface area contributed by atoms with Crippen molar-refractivity contribution in [2.45, 2.75) is 6.92 Å². The Bertz CT molecular complexity index is 422. The summed E-state index contributed by atoms with van der Waals surface area (Å²) in [4.78, 5) is 23.9. The maximum Gasteiger partial charge on any atom is 0.333 e.